The third-order valence-electron chi connectivity index (χ3n) is 4.08. The van der Waals surface area contributed by atoms with Crippen LogP contribution in [0.15, 0.2) is 60.7 Å². The van der Waals surface area contributed by atoms with Gasteiger partial charge in [0.05, 0.1) is 6.10 Å². The van der Waals surface area contributed by atoms with Crippen molar-refractivity contribution in [3.63, 3.8) is 0 Å². The Bertz CT molecular complexity index is 681. The first-order chi connectivity index (χ1) is 13.4. The van der Waals surface area contributed by atoms with Crippen LogP contribution in [-0.2, 0) is 32.2 Å². The van der Waals surface area contributed by atoms with Crippen molar-refractivity contribution in [3.8, 4) is 0 Å². The molecule has 0 saturated carbocycles. The van der Waals surface area contributed by atoms with Crippen LogP contribution >= 0.6 is 0 Å². The molecule has 0 saturated heterocycles. The van der Waals surface area contributed by atoms with Gasteiger partial charge in [-0.3, -0.25) is 9.69 Å². The van der Waals surface area contributed by atoms with E-state index in [0.29, 0.717) is 13.1 Å². The summed E-state index contributed by atoms with van der Waals surface area (Å²) in [6.45, 7) is 9.38. The van der Waals surface area contributed by atoms with Crippen molar-refractivity contribution in [1.82, 2.24) is 4.90 Å². The van der Waals surface area contributed by atoms with Crippen LogP contribution in [0.5, 0.6) is 0 Å². The zero-order valence-corrected chi connectivity index (χ0v) is 17.0. The summed E-state index contributed by atoms with van der Waals surface area (Å²) in [4.78, 5) is 31.2. The molecule has 1 unspecified atom stereocenters. The van der Waals surface area contributed by atoms with Gasteiger partial charge in [-0.1, -0.05) is 74.5 Å². The minimum Gasteiger partial charge on any atom is -0.462 e. The van der Waals surface area contributed by atoms with Crippen LogP contribution in [0.3, 0.4) is 0 Å². The molecule has 28 heavy (non-hydrogen) atoms. The quantitative estimate of drug-likeness (QED) is 0.643. The first kappa shape index (κ1) is 23.3. The van der Waals surface area contributed by atoms with Crippen molar-refractivity contribution < 1.29 is 19.1 Å². The molecular weight excluding hydrogens is 354 g/mol. The molecule has 0 bridgehead atoms. The van der Waals surface area contributed by atoms with E-state index in [1.165, 1.54) is 11.1 Å². The molecule has 0 aliphatic heterocycles. The molecule has 5 heteroatoms. The summed E-state index contributed by atoms with van der Waals surface area (Å²) in [6.07, 6.45) is 0.143. The Morgan fingerprint density at radius 1 is 0.857 bits per heavy atom. The summed E-state index contributed by atoms with van der Waals surface area (Å²) in [7, 11) is 0. The van der Waals surface area contributed by atoms with Gasteiger partial charge >= 0.3 is 12.1 Å². The van der Waals surface area contributed by atoms with E-state index >= 15 is 0 Å². The number of hydrogen-bond donors (Lipinski definition) is 0. The van der Waals surface area contributed by atoms with Crippen LogP contribution in [0.2, 0.25) is 0 Å². The van der Waals surface area contributed by atoms with Crippen molar-refractivity contribution >= 4 is 12.1 Å². The van der Waals surface area contributed by atoms with Gasteiger partial charge in [0.15, 0.2) is 0 Å². The molecule has 0 heterocycles. The van der Waals surface area contributed by atoms with E-state index in [4.69, 9.17) is 14.3 Å². The minimum absolute atomic E-state index is 0.107. The highest BCUT2D eigenvalue weighted by Gasteiger charge is 2.31. The van der Waals surface area contributed by atoms with E-state index in [-0.39, 0.29) is 30.2 Å². The molecule has 150 valence electrons. The third-order valence-corrected chi connectivity index (χ3v) is 4.08. The lowest BCUT2D eigenvalue weighted by molar-refractivity contribution is -0.191. The van der Waals surface area contributed by atoms with Crippen LogP contribution in [0.25, 0.3) is 0 Å². The Balaban J connectivity index is 0.00000122. The van der Waals surface area contributed by atoms with Gasteiger partial charge in [0.2, 0.25) is 0 Å². The lowest BCUT2D eigenvalue weighted by atomic mass is 10.0. The molecule has 0 radical (unpaired) electrons. The average molecular weight is 383 g/mol. The normalized spacial score (nSPS) is 11.5. The Morgan fingerprint density at radius 3 is 1.57 bits per heavy atom. The minimum atomic E-state index is -0.275. The lowest BCUT2D eigenvalue weighted by Crippen LogP contribution is -2.45. The number of nitrogens with zero attached hydrogens (tertiary/aromatic N) is 1. The van der Waals surface area contributed by atoms with E-state index in [1.807, 2.05) is 50.2 Å². The second-order valence-electron chi connectivity index (χ2n) is 7.13. The van der Waals surface area contributed by atoms with E-state index in [1.54, 1.807) is 0 Å². The van der Waals surface area contributed by atoms with Crippen LogP contribution in [0.4, 0.5) is 0 Å². The molecule has 2 aromatic rings. The predicted molar refractivity (Wildman–Crippen MR) is 107 cm³/mol. The first-order valence-corrected chi connectivity index (χ1v) is 9.40. The molecule has 0 fully saturated rings. The van der Waals surface area contributed by atoms with E-state index in [2.05, 4.69) is 43.0 Å². The SMILES string of the molecule is CC(C)OC(=O)C(C(C)C)N(Cc1ccccc1)Cc1ccccc1.O=C=O. The van der Waals surface area contributed by atoms with Gasteiger partial charge in [0, 0.05) is 13.1 Å². The average Bonchev–Trinajstić information content (AvgIpc) is 2.63. The van der Waals surface area contributed by atoms with Crippen LogP contribution in [0, 0.1) is 5.92 Å². The summed E-state index contributed by atoms with van der Waals surface area (Å²) in [5.41, 5.74) is 2.39. The highest BCUT2D eigenvalue weighted by Crippen LogP contribution is 2.20. The fraction of sp³-hybridized carbons (Fsp3) is 0.391. The maximum absolute atomic E-state index is 12.8. The number of rotatable bonds is 8. The van der Waals surface area contributed by atoms with Gasteiger partial charge in [-0.2, -0.15) is 9.59 Å². The molecular formula is C23H29NO4. The van der Waals surface area contributed by atoms with Crippen molar-refractivity contribution in [2.75, 3.05) is 0 Å². The number of esters is 1. The Kier molecular flexibility index (Phi) is 10.5. The smallest absolute Gasteiger partial charge is 0.373 e. The van der Waals surface area contributed by atoms with Gasteiger partial charge < -0.3 is 4.74 Å². The van der Waals surface area contributed by atoms with Gasteiger partial charge in [0.1, 0.15) is 6.04 Å². The molecule has 0 aliphatic carbocycles. The first-order valence-electron chi connectivity index (χ1n) is 9.40. The summed E-state index contributed by atoms with van der Waals surface area (Å²) >= 11 is 0. The highest BCUT2D eigenvalue weighted by molar-refractivity contribution is 5.76. The fourth-order valence-corrected chi connectivity index (χ4v) is 3.03. The van der Waals surface area contributed by atoms with Gasteiger partial charge in [0.25, 0.3) is 0 Å². The Morgan fingerprint density at radius 2 is 1.25 bits per heavy atom. The molecule has 1 atom stereocenters. The van der Waals surface area contributed by atoms with Crippen LogP contribution < -0.4 is 0 Å². The Hall–Kier alpha value is -2.75. The molecule has 0 aliphatic rings. The molecule has 0 spiro atoms. The third kappa shape index (κ3) is 8.30. The summed E-state index contributed by atoms with van der Waals surface area (Å²) in [5.74, 6) is 0.0236. The molecule has 5 nitrogen and oxygen atoms in total. The zero-order chi connectivity index (χ0) is 20.9. The predicted octanol–water partition coefficient (Wildman–Crippen LogP) is 4.08. The standard InChI is InChI=1S/C22H29NO2.CO2/c1-17(2)21(22(24)25-18(3)4)23(15-19-11-7-5-8-12-19)16-20-13-9-6-10-14-20;2-1-3/h5-14,17-18,21H,15-16H2,1-4H3;. The summed E-state index contributed by atoms with van der Waals surface area (Å²) in [6, 6.07) is 20.3. The van der Waals surface area contributed by atoms with E-state index in [9.17, 15) is 4.79 Å². The van der Waals surface area contributed by atoms with Crippen LogP contribution in [0.1, 0.15) is 38.8 Å². The topological polar surface area (TPSA) is 63.7 Å². The number of carbonyl (C=O) groups excluding carboxylic acids is 3. The number of benzene rings is 2. The molecule has 2 rings (SSSR count). The maximum atomic E-state index is 12.8. The number of hydrogen-bond acceptors (Lipinski definition) is 5. The molecule has 0 amide bonds. The Labute approximate surface area is 167 Å². The van der Waals surface area contributed by atoms with Gasteiger partial charge in [-0.05, 0) is 30.9 Å². The lowest BCUT2D eigenvalue weighted by Gasteiger charge is -2.33. The highest BCUT2D eigenvalue weighted by atomic mass is 16.5. The van der Waals surface area contributed by atoms with Crippen molar-refractivity contribution in [2.24, 2.45) is 5.92 Å². The second-order valence-corrected chi connectivity index (χ2v) is 7.13. The zero-order valence-electron chi connectivity index (χ0n) is 17.0. The number of carbonyl (C=O) groups is 1. The second kappa shape index (κ2) is 12.6. The molecule has 2 aromatic carbocycles. The molecule has 0 aromatic heterocycles. The van der Waals surface area contributed by atoms with Crippen molar-refractivity contribution in [2.45, 2.75) is 52.9 Å². The van der Waals surface area contributed by atoms with E-state index in [0.717, 1.165) is 0 Å². The largest absolute Gasteiger partial charge is 0.462 e. The maximum Gasteiger partial charge on any atom is 0.373 e. The van der Waals surface area contributed by atoms with Crippen molar-refractivity contribution in [3.05, 3.63) is 71.8 Å². The van der Waals surface area contributed by atoms with Gasteiger partial charge in [-0.25, -0.2) is 0 Å². The summed E-state index contributed by atoms with van der Waals surface area (Å²) in [5, 5.41) is 0. The van der Waals surface area contributed by atoms with Gasteiger partial charge in [-0.15, -0.1) is 0 Å². The van der Waals surface area contributed by atoms with Crippen LogP contribution in [-0.4, -0.2) is 29.2 Å². The monoisotopic (exact) mass is 383 g/mol. The van der Waals surface area contributed by atoms with E-state index < -0.39 is 0 Å². The fourth-order valence-electron chi connectivity index (χ4n) is 3.03. The number of ether oxygens (including phenoxy) is 1. The van der Waals surface area contributed by atoms with Crippen molar-refractivity contribution in [1.29, 1.82) is 0 Å². The molecule has 0 N–H and O–H groups in total. The summed E-state index contributed by atoms with van der Waals surface area (Å²) < 4.78 is 5.55.